The highest BCUT2D eigenvalue weighted by Gasteiger charge is 2.03. The number of nitrogens with zero attached hydrogens (tertiary/aromatic N) is 2. The third-order valence-electron chi connectivity index (χ3n) is 2.92. The lowest BCUT2D eigenvalue weighted by Crippen LogP contribution is -1.95. The summed E-state index contributed by atoms with van der Waals surface area (Å²) in [7, 11) is 0. The van der Waals surface area contributed by atoms with Gasteiger partial charge in [0.15, 0.2) is 0 Å². The van der Waals surface area contributed by atoms with Crippen LogP contribution in [0.3, 0.4) is 0 Å². The van der Waals surface area contributed by atoms with E-state index in [-0.39, 0.29) is 5.82 Å². The van der Waals surface area contributed by atoms with Gasteiger partial charge in [-0.3, -0.25) is 0 Å². The number of rotatable bonds is 3. The predicted octanol–water partition coefficient (Wildman–Crippen LogP) is 4.27. The molecule has 1 heterocycles. The van der Waals surface area contributed by atoms with E-state index in [1.807, 2.05) is 24.5 Å². The van der Waals surface area contributed by atoms with Gasteiger partial charge >= 0.3 is 0 Å². The summed E-state index contributed by atoms with van der Waals surface area (Å²) in [6, 6.07) is 10.5. The molecule has 0 saturated carbocycles. The fourth-order valence-electron chi connectivity index (χ4n) is 1.81. The van der Waals surface area contributed by atoms with E-state index < -0.39 is 0 Å². The summed E-state index contributed by atoms with van der Waals surface area (Å²) < 4.78 is 14.9. The maximum absolute atomic E-state index is 12.9. The number of hydrogen-bond acceptors (Lipinski definition) is 1. The normalized spacial score (nSPS) is 11.6. The van der Waals surface area contributed by atoms with Gasteiger partial charge in [0.2, 0.25) is 0 Å². The Morgan fingerprint density at radius 1 is 1.26 bits per heavy atom. The molecule has 2 nitrogen and oxygen atoms in total. The highest BCUT2D eigenvalue weighted by Crippen LogP contribution is 2.19. The standard InChI is InChI=1S/C16H15FN2/c1-12(2)19-8-7-13(11-19)9-15(10-18)14-3-5-16(17)6-4-14/h3-9,11-12H,1-2H3/b15-9+. The molecule has 0 saturated heterocycles. The number of allylic oxidation sites excluding steroid dienone is 1. The van der Waals surface area contributed by atoms with Crippen molar-refractivity contribution in [3.8, 4) is 6.07 Å². The lowest BCUT2D eigenvalue weighted by Gasteiger charge is -2.04. The summed E-state index contributed by atoms with van der Waals surface area (Å²) in [5, 5.41) is 9.21. The van der Waals surface area contributed by atoms with Crippen molar-refractivity contribution < 1.29 is 4.39 Å². The van der Waals surface area contributed by atoms with Gasteiger partial charge in [-0.2, -0.15) is 5.26 Å². The Labute approximate surface area is 112 Å². The van der Waals surface area contributed by atoms with Crippen LogP contribution in [-0.2, 0) is 0 Å². The number of aromatic nitrogens is 1. The van der Waals surface area contributed by atoms with E-state index >= 15 is 0 Å². The molecule has 19 heavy (non-hydrogen) atoms. The minimum atomic E-state index is -0.299. The van der Waals surface area contributed by atoms with Crippen LogP contribution in [0.2, 0.25) is 0 Å². The summed E-state index contributed by atoms with van der Waals surface area (Å²) in [6.07, 6.45) is 5.79. The number of benzene rings is 1. The third-order valence-corrected chi connectivity index (χ3v) is 2.92. The summed E-state index contributed by atoms with van der Waals surface area (Å²) >= 11 is 0. The SMILES string of the molecule is CC(C)n1ccc(/C=C(\C#N)c2ccc(F)cc2)c1. The molecule has 0 bridgehead atoms. The monoisotopic (exact) mass is 254 g/mol. The summed E-state index contributed by atoms with van der Waals surface area (Å²) in [5.41, 5.74) is 2.22. The van der Waals surface area contributed by atoms with Crippen molar-refractivity contribution in [3.63, 3.8) is 0 Å². The maximum Gasteiger partial charge on any atom is 0.123 e. The first-order valence-corrected chi connectivity index (χ1v) is 6.15. The number of halogens is 1. The molecule has 96 valence electrons. The second-order valence-electron chi connectivity index (χ2n) is 4.66. The van der Waals surface area contributed by atoms with E-state index in [2.05, 4.69) is 24.5 Å². The van der Waals surface area contributed by atoms with Crippen LogP contribution >= 0.6 is 0 Å². The Morgan fingerprint density at radius 3 is 2.47 bits per heavy atom. The molecule has 3 heteroatoms. The smallest absolute Gasteiger partial charge is 0.123 e. The highest BCUT2D eigenvalue weighted by atomic mass is 19.1. The van der Waals surface area contributed by atoms with E-state index in [0.717, 1.165) is 11.1 Å². The lowest BCUT2D eigenvalue weighted by molar-refractivity contribution is 0.603. The van der Waals surface area contributed by atoms with Crippen molar-refractivity contribution in [3.05, 3.63) is 59.7 Å². The molecular formula is C16H15FN2. The lowest BCUT2D eigenvalue weighted by atomic mass is 10.1. The molecule has 0 fully saturated rings. The first-order valence-electron chi connectivity index (χ1n) is 6.15. The second-order valence-corrected chi connectivity index (χ2v) is 4.66. The zero-order valence-corrected chi connectivity index (χ0v) is 11.0. The zero-order valence-electron chi connectivity index (χ0n) is 11.0. The molecule has 2 aromatic rings. The minimum Gasteiger partial charge on any atom is -0.351 e. The van der Waals surface area contributed by atoms with Gasteiger partial charge < -0.3 is 4.57 Å². The van der Waals surface area contributed by atoms with Crippen LogP contribution in [0, 0.1) is 17.1 Å². The first-order chi connectivity index (χ1) is 9.10. The van der Waals surface area contributed by atoms with Gasteiger partial charge in [0, 0.05) is 18.4 Å². The molecule has 0 atom stereocenters. The maximum atomic E-state index is 12.9. The van der Waals surface area contributed by atoms with Crippen LogP contribution in [0.1, 0.15) is 31.0 Å². The van der Waals surface area contributed by atoms with Gasteiger partial charge in [-0.15, -0.1) is 0 Å². The molecule has 1 aromatic heterocycles. The van der Waals surface area contributed by atoms with Crippen LogP contribution in [-0.4, -0.2) is 4.57 Å². The van der Waals surface area contributed by atoms with Crippen molar-refractivity contribution in [1.82, 2.24) is 4.57 Å². The van der Waals surface area contributed by atoms with E-state index in [9.17, 15) is 9.65 Å². The van der Waals surface area contributed by atoms with Crippen molar-refractivity contribution >= 4 is 11.6 Å². The molecule has 1 aromatic carbocycles. The van der Waals surface area contributed by atoms with Crippen molar-refractivity contribution in [2.75, 3.05) is 0 Å². The first kappa shape index (κ1) is 13.1. The Balaban J connectivity index is 2.33. The van der Waals surface area contributed by atoms with E-state index in [1.165, 1.54) is 12.1 Å². The topological polar surface area (TPSA) is 28.7 Å². The Morgan fingerprint density at radius 2 is 1.95 bits per heavy atom. The van der Waals surface area contributed by atoms with Crippen molar-refractivity contribution in [2.45, 2.75) is 19.9 Å². The molecule has 0 aliphatic heterocycles. The minimum absolute atomic E-state index is 0.299. The largest absolute Gasteiger partial charge is 0.351 e. The van der Waals surface area contributed by atoms with Crippen molar-refractivity contribution in [1.29, 1.82) is 5.26 Å². The average Bonchev–Trinajstić information content (AvgIpc) is 2.86. The molecule has 0 amide bonds. The summed E-state index contributed by atoms with van der Waals surface area (Å²) in [4.78, 5) is 0. The fraction of sp³-hybridized carbons (Fsp3) is 0.188. The van der Waals surface area contributed by atoms with Gasteiger partial charge in [0.05, 0.1) is 11.6 Å². The van der Waals surface area contributed by atoms with Gasteiger partial charge in [0.1, 0.15) is 5.82 Å². The molecule has 0 unspecified atom stereocenters. The highest BCUT2D eigenvalue weighted by molar-refractivity contribution is 5.89. The summed E-state index contributed by atoms with van der Waals surface area (Å²) in [5.74, 6) is -0.299. The molecule has 2 rings (SSSR count). The summed E-state index contributed by atoms with van der Waals surface area (Å²) in [6.45, 7) is 4.19. The predicted molar refractivity (Wildman–Crippen MR) is 74.7 cm³/mol. The van der Waals surface area contributed by atoms with Crippen LogP contribution in [0.25, 0.3) is 11.6 Å². The van der Waals surface area contributed by atoms with E-state index in [0.29, 0.717) is 11.6 Å². The molecule has 0 N–H and O–H groups in total. The number of nitriles is 1. The zero-order chi connectivity index (χ0) is 13.8. The molecular weight excluding hydrogens is 239 g/mol. The second kappa shape index (κ2) is 5.53. The molecule has 0 radical (unpaired) electrons. The van der Waals surface area contributed by atoms with Crippen LogP contribution in [0.5, 0.6) is 0 Å². The van der Waals surface area contributed by atoms with Crippen molar-refractivity contribution in [2.24, 2.45) is 0 Å². The van der Waals surface area contributed by atoms with Gasteiger partial charge in [-0.05, 0) is 49.2 Å². The molecule has 0 spiro atoms. The van der Waals surface area contributed by atoms with Gasteiger partial charge in [-0.25, -0.2) is 4.39 Å². The third kappa shape index (κ3) is 3.11. The van der Waals surface area contributed by atoms with Crippen LogP contribution in [0.15, 0.2) is 42.7 Å². The van der Waals surface area contributed by atoms with Gasteiger partial charge in [0.25, 0.3) is 0 Å². The average molecular weight is 254 g/mol. The van der Waals surface area contributed by atoms with Crippen LogP contribution < -0.4 is 0 Å². The van der Waals surface area contributed by atoms with E-state index in [1.54, 1.807) is 12.1 Å². The number of hydrogen-bond donors (Lipinski definition) is 0. The van der Waals surface area contributed by atoms with E-state index in [4.69, 9.17) is 0 Å². The van der Waals surface area contributed by atoms with Gasteiger partial charge in [-0.1, -0.05) is 12.1 Å². The molecule has 0 aliphatic rings. The Bertz CT molecular complexity index is 628. The fourth-order valence-corrected chi connectivity index (χ4v) is 1.81. The molecule has 0 aliphatic carbocycles. The Hall–Kier alpha value is -2.34. The quantitative estimate of drug-likeness (QED) is 0.752. The van der Waals surface area contributed by atoms with Crippen LogP contribution in [0.4, 0.5) is 4.39 Å². The Kier molecular flexibility index (Phi) is 3.82.